The van der Waals surface area contributed by atoms with Crippen molar-refractivity contribution in [3.8, 4) is 16.3 Å². The zero-order valence-corrected chi connectivity index (χ0v) is 16.0. The molecule has 5 nitrogen and oxygen atoms in total. The largest absolute Gasteiger partial charge is 0.497 e. The summed E-state index contributed by atoms with van der Waals surface area (Å²) in [6, 6.07) is 8.21. The van der Waals surface area contributed by atoms with Crippen LogP contribution >= 0.6 is 11.3 Å². The normalized spacial score (nSPS) is 11.4. The van der Waals surface area contributed by atoms with Gasteiger partial charge in [-0.25, -0.2) is 9.97 Å². The summed E-state index contributed by atoms with van der Waals surface area (Å²) in [5.41, 5.74) is 6.79. The molecule has 0 spiro atoms. The van der Waals surface area contributed by atoms with E-state index in [1.165, 1.54) is 0 Å². The summed E-state index contributed by atoms with van der Waals surface area (Å²) >= 11 is 1.65. The van der Waals surface area contributed by atoms with Crippen LogP contribution in [0.4, 0.5) is 0 Å². The predicted octanol–water partition coefficient (Wildman–Crippen LogP) is 4.68. The molecule has 0 fully saturated rings. The summed E-state index contributed by atoms with van der Waals surface area (Å²) < 4.78 is 11.7. The summed E-state index contributed by atoms with van der Waals surface area (Å²) in [4.78, 5) is 14.2. The highest BCUT2D eigenvalue weighted by molar-refractivity contribution is 7.21. The van der Waals surface area contributed by atoms with Crippen LogP contribution in [0, 0.1) is 13.8 Å². The number of aryl methyl sites for hydroxylation is 2. The molecule has 0 N–H and O–H groups in total. The van der Waals surface area contributed by atoms with E-state index < -0.39 is 0 Å². The fraction of sp³-hybridized carbons (Fsp3) is 0.250. The van der Waals surface area contributed by atoms with Crippen molar-refractivity contribution >= 4 is 32.6 Å². The molecule has 0 aliphatic rings. The first-order valence-corrected chi connectivity index (χ1v) is 9.11. The van der Waals surface area contributed by atoms with Crippen molar-refractivity contribution in [2.45, 2.75) is 20.5 Å². The number of hydrogen-bond donors (Lipinski definition) is 0. The minimum Gasteiger partial charge on any atom is -0.497 e. The van der Waals surface area contributed by atoms with Gasteiger partial charge >= 0.3 is 0 Å². The quantitative estimate of drug-likeness (QED) is 0.526. The molecule has 2 aromatic heterocycles. The maximum atomic E-state index is 5.39. The number of aromatic nitrogens is 3. The molecule has 0 atom stereocenters. The lowest BCUT2D eigenvalue weighted by atomic mass is 10.1. The zero-order valence-electron chi connectivity index (χ0n) is 15.2. The van der Waals surface area contributed by atoms with Gasteiger partial charge in [-0.3, -0.25) is 4.98 Å². The Morgan fingerprint density at radius 3 is 2.62 bits per heavy atom. The Morgan fingerprint density at radius 2 is 1.85 bits per heavy atom. The average molecular weight is 365 g/mol. The molecule has 132 valence electrons. The summed E-state index contributed by atoms with van der Waals surface area (Å²) in [7, 11) is 3.34. The molecular formula is C20H19N3O2S. The fourth-order valence-corrected chi connectivity index (χ4v) is 4.17. The molecular weight excluding hydrogens is 346 g/mol. The second kappa shape index (κ2) is 6.63. The Kier molecular flexibility index (Phi) is 4.30. The number of ether oxygens (including phenoxy) is 2. The molecule has 0 saturated heterocycles. The van der Waals surface area contributed by atoms with Gasteiger partial charge in [0.2, 0.25) is 0 Å². The van der Waals surface area contributed by atoms with Gasteiger partial charge in [-0.2, -0.15) is 0 Å². The first kappa shape index (κ1) is 16.9. The monoisotopic (exact) mass is 365 g/mol. The van der Waals surface area contributed by atoms with E-state index >= 15 is 0 Å². The fourth-order valence-electron chi connectivity index (χ4n) is 3.08. The number of rotatable bonds is 4. The van der Waals surface area contributed by atoms with Gasteiger partial charge in [0.05, 0.1) is 46.9 Å². The molecule has 26 heavy (non-hydrogen) atoms. The number of benzene rings is 2. The molecule has 0 aliphatic heterocycles. The summed E-state index contributed by atoms with van der Waals surface area (Å²) in [5, 5.41) is 0.943. The Hall–Kier alpha value is -2.57. The van der Waals surface area contributed by atoms with Crippen LogP contribution in [0.1, 0.15) is 16.8 Å². The molecule has 2 heterocycles. The number of thiazole rings is 1. The van der Waals surface area contributed by atoms with Crippen LogP contribution in [0.25, 0.3) is 31.8 Å². The van der Waals surface area contributed by atoms with Gasteiger partial charge in [0.1, 0.15) is 10.8 Å². The van der Waals surface area contributed by atoms with Crippen molar-refractivity contribution in [1.29, 1.82) is 0 Å². The highest BCUT2D eigenvalue weighted by atomic mass is 32.1. The van der Waals surface area contributed by atoms with Crippen LogP contribution in [-0.4, -0.2) is 29.2 Å². The maximum absolute atomic E-state index is 5.39. The lowest BCUT2D eigenvalue weighted by molar-refractivity contribution is 0.181. The Bertz CT molecular complexity index is 1120. The molecule has 6 heteroatoms. The molecule has 0 radical (unpaired) electrons. The Balaban J connectivity index is 1.93. The van der Waals surface area contributed by atoms with Gasteiger partial charge in [-0.05, 0) is 49.2 Å². The number of methoxy groups -OCH3 is 2. The minimum absolute atomic E-state index is 0.451. The standard InChI is InChI=1S/C20H19N3O2S/c1-11-5-15(19-16(6-11)22-13(9-21-19)10-24-3)20-23-18-12(2)7-14(25-4)8-17(18)26-20/h5-9H,10H2,1-4H3. The third-order valence-electron chi connectivity index (χ3n) is 4.26. The van der Waals surface area contributed by atoms with Crippen LogP contribution in [0.15, 0.2) is 30.5 Å². The second-order valence-electron chi connectivity index (χ2n) is 6.28. The third-order valence-corrected chi connectivity index (χ3v) is 5.29. The number of hydrogen-bond acceptors (Lipinski definition) is 6. The topological polar surface area (TPSA) is 57.1 Å². The van der Waals surface area contributed by atoms with Gasteiger partial charge in [0.25, 0.3) is 0 Å². The Morgan fingerprint density at radius 1 is 1.00 bits per heavy atom. The van der Waals surface area contributed by atoms with Crippen molar-refractivity contribution in [3.63, 3.8) is 0 Å². The van der Waals surface area contributed by atoms with E-state index in [1.807, 2.05) is 18.2 Å². The summed E-state index contributed by atoms with van der Waals surface area (Å²) in [6.07, 6.45) is 1.77. The molecule has 0 aliphatic carbocycles. The maximum Gasteiger partial charge on any atom is 0.126 e. The highest BCUT2D eigenvalue weighted by Crippen LogP contribution is 2.37. The number of fused-ring (bicyclic) bond motifs is 2. The van der Waals surface area contributed by atoms with E-state index in [0.29, 0.717) is 6.61 Å². The van der Waals surface area contributed by atoms with Crippen molar-refractivity contribution in [2.24, 2.45) is 0 Å². The van der Waals surface area contributed by atoms with E-state index in [9.17, 15) is 0 Å². The zero-order chi connectivity index (χ0) is 18.3. The van der Waals surface area contributed by atoms with Gasteiger partial charge in [0, 0.05) is 12.7 Å². The SMILES string of the molecule is COCc1cnc2c(-c3nc4c(C)cc(OC)cc4s3)cc(C)cc2n1. The van der Waals surface area contributed by atoms with E-state index in [2.05, 4.69) is 29.9 Å². The van der Waals surface area contributed by atoms with Gasteiger partial charge in [-0.15, -0.1) is 11.3 Å². The first-order valence-electron chi connectivity index (χ1n) is 8.30. The van der Waals surface area contributed by atoms with Gasteiger partial charge in [-0.1, -0.05) is 0 Å². The molecule has 4 aromatic rings. The van der Waals surface area contributed by atoms with Crippen molar-refractivity contribution in [1.82, 2.24) is 15.0 Å². The van der Waals surface area contributed by atoms with Crippen LogP contribution in [0.3, 0.4) is 0 Å². The lowest BCUT2D eigenvalue weighted by Crippen LogP contribution is -1.96. The van der Waals surface area contributed by atoms with E-state index in [1.54, 1.807) is 31.8 Å². The molecule has 0 unspecified atom stereocenters. The van der Waals surface area contributed by atoms with Crippen LogP contribution in [0.5, 0.6) is 5.75 Å². The van der Waals surface area contributed by atoms with Gasteiger partial charge in [0.15, 0.2) is 0 Å². The van der Waals surface area contributed by atoms with Crippen LogP contribution in [-0.2, 0) is 11.3 Å². The van der Waals surface area contributed by atoms with Crippen molar-refractivity contribution in [2.75, 3.05) is 14.2 Å². The molecule has 0 amide bonds. The summed E-state index contributed by atoms with van der Waals surface area (Å²) in [6.45, 7) is 4.57. The highest BCUT2D eigenvalue weighted by Gasteiger charge is 2.15. The van der Waals surface area contributed by atoms with E-state index in [-0.39, 0.29) is 0 Å². The average Bonchev–Trinajstić information content (AvgIpc) is 3.05. The van der Waals surface area contributed by atoms with Crippen LogP contribution in [0.2, 0.25) is 0 Å². The molecule has 4 rings (SSSR count). The second-order valence-corrected chi connectivity index (χ2v) is 7.32. The van der Waals surface area contributed by atoms with Gasteiger partial charge < -0.3 is 9.47 Å². The minimum atomic E-state index is 0.451. The summed E-state index contributed by atoms with van der Waals surface area (Å²) in [5.74, 6) is 0.850. The molecule has 2 aromatic carbocycles. The van der Waals surface area contributed by atoms with E-state index in [0.717, 1.165) is 54.4 Å². The van der Waals surface area contributed by atoms with Crippen molar-refractivity contribution in [3.05, 3.63) is 47.3 Å². The smallest absolute Gasteiger partial charge is 0.126 e. The Labute approximate surface area is 155 Å². The first-order chi connectivity index (χ1) is 12.6. The molecule has 0 saturated carbocycles. The third kappa shape index (κ3) is 2.91. The van der Waals surface area contributed by atoms with E-state index in [4.69, 9.17) is 14.5 Å². The number of nitrogens with zero attached hydrogens (tertiary/aromatic N) is 3. The van der Waals surface area contributed by atoms with Crippen LogP contribution < -0.4 is 4.74 Å². The predicted molar refractivity (Wildman–Crippen MR) is 105 cm³/mol. The molecule has 0 bridgehead atoms. The lowest BCUT2D eigenvalue weighted by Gasteiger charge is -2.06. The van der Waals surface area contributed by atoms with Crippen molar-refractivity contribution < 1.29 is 9.47 Å².